The first kappa shape index (κ1) is 29.7. The predicted octanol–water partition coefficient (Wildman–Crippen LogP) is 5.20. The van der Waals surface area contributed by atoms with E-state index in [-0.39, 0.29) is 17.9 Å². The Labute approximate surface area is 241 Å². The largest absolute Gasteiger partial charge is 0.497 e. The molecule has 8 nitrogen and oxygen atoms in total. The molecular weight excluding hydrogens is 540 g/mol. The van der Waals surface area contributed by atoms with Gasteiger partial charge in [0.1, 0.15) is 24.1 Å². The van der Waals surface area contributed by atoms with Crippen molar-refractivity contribution in [2.45, 2.75) is 50.6 Å². The third-order valence-corrected chi connectivity index (χ3v) is 8.30. The Bertz CT molecular complexity index is 1680. The highest BCUT2D eigenvalue weighted by Gasteiger charge is 2.27. The van der Waals surface area contributed by atoms with Crippen LogP contribution < -0.4 is 14.2 Å². The van der Waals surface area contributed by atoms with Crippen LogP contribution >= 0.6 is 0 Å². The number of ether oxygens (including phenoxy) is 2. The number of rotatable bonds is 12. The van der Waals surface area contributed by atoms with Crippen LogP contribution in [0.1, 0.15) is 43.4 Å². The molecule has 0 unspecified atom stereocenters. The molecule has 9 heteroatoms. The first-order valence-electron chi connectivity index (χ1n) is 13.2. The van der Waals surface area contributed by atoms with E-state index >= 15 is 0 Å². The van der Waals surface area contributed by atoms with Gasteiger partial charge in [0.05, 0.1) is 12.0 Å². The second kappa shape index (κ2) is 12.9. The topological polar surface area (TPSA) is 107 Å². The molecular formula is C32H34N2O6S. The average Bonchev–Trinajstić information content (AvgIpc) is 3.29. The number of methoxy groups -OCH3 is 1. The minimum atomic E-state index is -4.13. The maximum atomic E-state index is 13.1. The Morgan fingerprint density at radius 1 is 1.02 bits per heavy atom. The Morgan fingerprint density at radius 3 is 2.32 bits per heavy atom. The number of hydrogen-bond donors (Lipinski definition) is 2. The molecule has 1 atom stereocenters. The summed E-state index contributed by atoms with van der Waals surface area (Å²) in [6, 6.07) is 18.4. The molecule has 1 heterocycles. The normalized spacial score (nSPS) is 12.1. The lowest BCUT2D eigenvalue weighted by Gasteiger charge is -2.15. The highest BCUT2D eigenvalue weighted by molar-refractivity contribution is 7.89. The van der Waals surface area contributed by atoms with E-state index in [4.69, 9.17) is 9.47 Å². The minimum absolute atomic E-state index is 0.0611. The lowest BCUT2D eigenvalue weighted by molar-refractivity contribution is -0.138. The fraction of sp³-hybridized carbons (Fsp3) is 0.281. The lowest BCUT2D eigenvalue weighted by atomic mass is 10.0. The SMILES string of the molecule is CC#CCOc1ccc(S(=O)(=O)N[C@@H](Cc2cn(Cc3ccc(C(C)C)cc3)c3ccc(OC)cc23)C(=O)O)cc1. The first-order valence-corrected chi connectivity index (χ1v) is 14.7. The zero-order chi connectivity index (χ0) is 29.6. The molecule has 0 fully saturated rings. The van der Waals surface area contributed by atoms with Crippen LogP contribution in [0.25, 0.3) is 10.9 Å². The van der Waals surface area contributed by atoms with Crippen molar-refractivity contribution in [2.75, 3.05) is 13.7 Å². The van der Waals surface area contributed by atoms with Crippen LogP contribution in [0.5, 0.6) is 11.5 Å². The molecule has 0 aliphatic carbocycles. The maximum absolute atomic E-state index is 13.1. The maximum Gasteiger partial charge on any atom is 0.322 e. The Balaban J connectivity index is 1.61. The standard InChI is InChI=1S/C32H34N2O6S/c1-5-6-17-40-26-11-14-28(15-12-26)41(37,38)33-30(32(35)36)18-25-21-34(31-16-13-27(39-4)19-29(25)31)20-23-7-9-24(10-8-23)22(2)3/h7-16,19,21-22,30,33H,17-18,20H2,1-4H3,(H,35,36)/t30-/m0/s1. The summed E-state index contributed by atoms with van der Waals surface area (Å²) in [5, 5.41) is 10.8. The number of carboxylic acids is 1. The molecule has 4 rings (SSSR count). The van der Waals surface area contributed by atoms with Crippen molar-refractivity contribution >= 4 is 26.9 Å². The highest BCUT2D eigenvalue weighted by atomic mass is 32.2. The van der Waals surface area contributed by atoms with E-state index in [2.05, 4.69) is 54.7 Å². The minimum Gasteiger partial charge on any atom is -0.497 e. The van der Waals surface area contributed by atoms with Crippen LogP contribution in [0.2, 0.25) is 0 Å². The van der Waals surface area contributed by atoms with Gasteiger partial charge in [-0.2, -0.15) is 4.72 Å². The molecule has 41 heavy (non-hydrogen) atoms. The van der Waals surface area contributed by atoms with Crippen LogP contribution in [-0.2, 0) is 27.8 Å². The van der Waals surface area contributed by atoms with Crippen molar-refractivity contribution in [1.82, 2.24) is 9.29 Å². The molecule has 0 bridgehead atoms. The fourth-order valence-electron chi connectivity index (χ4n) is 4.54. The van der Waals surface area contributed by atoms with E-state index in [9.17, 15) is 18.3 Å². The van der Waals surface area contributed by atoms with Gasteiger partial charge in [-0.25, -0.2) is 8.42 Å². The molecule has 0 aliphatic rings. The van der Waals surface area contributed by atoms with Crippen LogP contribution in [-0.4, -0.2) is 43.8 Å². The molecule has 4 aromatic rings. The number of hydrogen-bond acceptors (Lipinski definition) is 5. The number of sulfonamides is 1. The molecule has 2 N–H and O–H groups in total. The summed E-state index contributed by atoms with van der Waals surface area (Å²) >= 11 is 0. The van der Waals surface area contributed by atoms with Gasteiger partial charge in [-0.3, -0.25) is 4.79 Å². The summed E-state index contributed by atoms with van der Waals surface area (Å²) < 4.78 is 41.5. The van der Waals surface area contributed by atoms with Crippen LogP contribution in [0, 0.1) is 11.8 Å². The van der Waals surface area contributed by atoms with Gasteiger partial charge in [-0.1, -0.05) is 44.0 Å². The van der Waals surface area contributed by atoms with E-state index in [1.165, 1.54) is 29.8 Å². The number of fused-ring (bicyclic) bond motifs is 1. The van der Waals surface area contributed by atoms with Crippen molar-refractivity contribution in [3.05, 3.63) is 89.6 Å². The zero-order valence-corrected chi connectivity index (χ0v) is 24.4. The number of carbonyl (C=O) groups is 1. The van der Waals surface area contributed by atoms with E-state index in [1.807, 2.05) is 29.0 Å². The van der Waals surface area contributed by atoms with Crippen LogP contribution in [0.3, 0.4) is 0 Å². The summed E-state index contributed by atoms with van der Waals surface area (Å²) in [5.74, 6) is 5.72. The van der Waals surface area contributed by atoms with Crippen molar-refractivity contribution < 1.29 is 27.8 Å². The van der Waals surface area contributed by atoms with Crippen LogP contribution in [0.15, 0.2) is 77.8 Å². The molecule has 0 amide bonds. The molecule has 1 aromatic heterocycles. The third-order valence-electron chi connectivity index (χ3n) is 6.81. The lowest BCUT2D eigenvalue weighted by Crippen LogP contribution is -2.42. The van der Waals surface area contributed by atoms with Gasteiger partial charge in [0.2, 0.25) is 10.0 Å². The summed E-state index contributed by atoms with van der Waals surface area (Å²) in [6.07, 6.45) is 1.82. The second-order valence-electron chi connectivity index (χ2n) is 9.96. The van der Waals surface area contributed by atoms with E-state index in [0.29, 0.717) is 29.5 Å². The monoisotopic (exact) mass is 574 g/mol. The van der Waals surface area contributed by atoms with E-state index in [1.54, 1.807) is 14.0 Å². The van der Waals surface area contributed by atoms with Gasteiger partial charge in [0, 0.05) is 30.1 Å². The molecule has 0 saturated heterocycles. The summed E-state index contributed by atoms with van der Waals surface area (Å²) in [5.41, 5.74) is 3.93. The number of nitrogens with zero attached hydrogens (tertiary/aromatic N) is 1. The molecule has 0 radical (unpaired) electrons. The Kier molecular flexibility index (Phi) is 9.38. The van der Waals surface area contributed by atoms with Crippen molar-refractivity contribution in [1.29, 1.82) is 0 Å². The highest BCUT2D eigenvalue weighted by Crippen LogP contribution is 2.28. The summed E-state index contributed by atoms with van der Waals surface area (Å²) in [6.45, 7) is 6.75. The quantitative estimate of drug-likeness (QED) is 0.225. The smallest absolute Gasteiger partial charge is 0.322 e. The number of benzene rings is 3. The molecule has 0 saturated carbocycles. The Hall–Kier alpha value is -4.26. The number of nitrogens with one attached hydrogen (secondary N) is 1. The van der Waals surface area contributed by atoms with E-state index < -0.39 is 22.0 Å². The molecule has 214 valence electrons. The second-order valence-corrected chi connectivity index (χ2v) is 11.7. The number of aromatic nitrogens is 1. The van der Waals surface area contributed by atoms with Crippen molar-refractivity contribution in [3.63, 3.8) is 0 Å². The average molecular weight is 575 g/mol. The Morgan fingerprint density at radius 2 is 1.71 bits per heavy atom. The van der Waals surface area contributed by atoms with Gasteiger partial charge in [-0.05, 0) is 72.0 Å². The number of carboxylic acid groups (broad SMARTS) is 1. The van der Waals surface area contributed by atoms with E-state index in [0.717, 1.165) is 16.5 Å². The molecule has 0 spiro atoms. The number of aliphatic carboxylic acids is 1. The first-order chi connectivity index (χ1) is 19.6. The van der Waals surface area contributed by atoms with Crippen molar-refractivity contribution in [3.8, 4) is 23.3 Å². The van der Waals surface area contributed by atoms with Gasteiger partial charge in [0.25, 0.3) is 0 Å². The zero-order valence-electron chi connectivity index (χ0n) is 23.5. The molecule has 3 aromatic carbocycles. The fourth-order valence-corrected chi connectivity index (χ4v) is 5.73. The predicted molar refractivity (Wildman–Crippen MR) is 159 cm³/mol. The van der Waals surface area contributed by atoms with Gasteiger partial charge in [0.15, 0.2) is 0 Å². The molecule has 0 aliphatic heterocycles. The van der Waals surface area contributed by atoms with Crippen LogP contribution in [0.4, 0.5) is 0 Å². The summed E-state index contributed by atoms with van der Waals surface area (Å²) in [4.78, 5) is 12.2. The van der Waals surface area contributed by atoms with Gasteiger partial charge in [-0.15, -0.1) is 5.92 Å². The van der Waals surface area contributed by atoms with Crippen molar-refractivity contribution in [2.24, 2.45) is 0 Å². The van der Waals surface area contributed by atoms with Gasteiger partial charge >= 0.3 is 5.97 Å². The summed E-state index contributed by atoms with van der Waals surface area (Å²) in [7, 11) is -2.57. The third kappa shape index (κ3) is 7.28. The van der Waals surface area contributed by atoms with Gasteiger partial charge < -0.3 is 19.1 Å².